The average molecular weight is 297 g/mol. The van der Waals surface area contributed by atoms with E-state index >= 15 is 0 Å². The van der Waals surface area contributed by atoms with Crippen molar-refractivity contribution in [1.29, 1.82) is 0 Å². The molecule has 1 aromatic carbocycles. The Kier molecular flexibility index (Phi) is 4.63. The molecule has 2 N–H and O–H groups in total. The van der Waals surface area contributed by atoms with Crippen LogP contribution in [0, 0.1) is 13.8 Å². The lowest BCUT2D eigenvalue weighted by Crippen LogP contribution is -2.31. The molecule has 1 saturated heterocycles. The lowest BCUT2D eigenvalue weighted by Gasteiger charge is -2.30. The molecule has 0 spiro atoms. The third-order valence-corrected chi connectivity index (χ3v) is 4.77. The summed E-state index contributed by atoms with van der Waals surface area (Å²) in [6.07, 6.45) is 5.96. The summed E-state index contributed by atoms with van der Waals surface area (Å²) in [5.41, 5.74) is 10.9. The van der Waals surface area contributed by atoms with E-state index in [1.54, 1.807) is 0 Å². The monoisotopic (exact) mass is 297 g/mol. The summed E-state index contributed by atoms with van der Waals surface area (Å²) in [6.45, 7) is 7.35. The van der Waals surface area contributed by atoms with Gasteiger partial charge in [0, 0.05) is 18.5 Å². The minimum atomic E-state index is 0.740. The van der Waals surface area contributed by atoms with Crippen LogP contribution < -0.4 is 10.6 Å². The zero-order chi connectivity index (χ0) is 15.5. The molecule has 1 fully saturated rings. The molecule has 3 nitrogen and oxygen atoms in total. The summed E-state index contributed by atoms with van der Waals surface area (Å²) in [5, 5.41) is 1.30. The number of piperidine rings is 1. The number of pyridine rings is 1. The number of rotatable bonds is 4. The summed E-state index contributed by atoms with van der Waals surface area (Å²) >= 11 is 0. The molecule has 0 bridgehead atoms. The van der Waals surface area contributed by atoms with Gasteiger partial charge in [-0.1, -0.05) is 12.1 Å². The first-order chi connectivity index (χ1) is 10.7. The predicted octanol–water partition coefficient (Wildman–Crippen LogP) is 3.73. The molecular weight excluding hydrogens is 270 g/mol. The van der Waals surface area contributed by atoms with Crippen LogP contribution >= 0.6 is 0 Å². The van der Waals surface area contributed by atoms with Crippen LogP contribution in [0.1, 0.15) is 42.4 Å². The van der Waals surface area contributed by atoms with Gasteiger partial charge in [-0.25, -0.2) is 4.98 Å². The van der Waals surface area contributed by atoms with Crippen LogP contribution in [0.4, 0.5) is 5.82 Å². The summed E-state index contributed by atoms with van der Waals surface area (Å²) in [6, 6.07) is 6.75. The van der Waals surface area contributed by atoms with E-state index in [4.69, 9.17) is 10.7 Å². The molecule has 0 radical (unpaired) electrons. The fraction of sp³-hybridized carbons (Fsp3) is 0.526. The number of aromatic nitrogens is 1. The van der Waals surface area contributed by atoms with Crippen LogP contribution in [0.5, 0.6) is 0 Å². The van der Waals surface area contributed by atoms with Gasteiger partial charge in [0.2, 0.25) is 0 Å². The Balaban J connectivity index is 2.11. The van der Waals surface area contributed by atoms with Gasteiger partial charge in [-0.05, 0) is 75.3 Å². The predicted molar refractivity (Wildman–Crippen MR) is 94.7 cm³/mol. The van der Waals surface area contributed by atoms with Gasteiger partial charge in [-0.2, -0.15) is 0 Å². The lowest BCUT2D eigenvalue weighted by atomic mass is 10.0. The third kappa shape index (κ3) is 2.95. The molecule has 1 aliphatic rings. The Labute approximate surface area is 133 Å². The van der Waals surface area contributed by atoms with Crippen molar-refractivity contribution in [2.24, 2.45) is 5.73 Å². The van der Waals surface area contributed by atoms with Gasteiger partial charge in [0.1, 0.15) is 5.82 Å². The second-order valence-electron chi connectivity index (χ2n) is 6.51. The third-order valence-electron chi connectivity index (χ3n) is 4.77. The second-order valence-corrected chi connectivity index (χ2v) is 6.51. The Bertz CT molecular complexity index is 657. The minimum Gasteiger partial charge on any atom is -0.356 e. The number of hydrogen-bond acceptors (Lipinski definition) is 3. The fourth-order valence-corrected chi connectivity index (χ4v) is 3.42. The molecule has 0 aliphatic carbocycles. The Morgan fingerprint density at radius 2 is 1.82 bits per heavy atom. The number of benzene rings is 1. The van der Waals surface area contributed by atoms with Crippen LogP contribution in [0.3, 0.4) is 0 Å². The first-order valence-corrected chi connectivity index (χ1v) is 8.55. The van der Waals surface area contributed by atoms with Crippen molar-refractivity contribution in [1.82, 2.24) is 4.98 Å². The maximum absolute atomic E-state index is 5.74. The molecule has 0 amide bonds. The molecular formula is C19H27N3. The minimum absolute atomic E-state index is 0.740. The first kappa shape index (κ1) is 15.3. The van der Waals surface area contributed by atoms with E-state index in [9.17, 15) is 0 Å². The molecule has 3 heteroatoms. The fourth-order valence-electron chi connectivity index (χ4n) is 3.42. The number of hydrogen-bond donors (Lipinski definition) is 1. The van der Waals surface area contributed by atoms with Gasteiger partial charge in [0.25, 0.3) is 0 Å². The largest absolute Gasteiger partial charge is 0.356 e. The van der Waals surface area contributed by atoms with Crippen LogP contribution in [0.2, 0.25) is 0 Å². The zero-order valence-electron chi connectivity index (χ0n) is 13.9. The molecule has 0 saturated carbocycles. The number of nitrogens with zero attached hydrogens (tertiary/aromatic N) is 2. The standard InChI is InChI=1S/C19H27N3/c1-14-8-9-15(2)18-17(14)13-16(7-6-10-20)19(21-18)22-11-4-3-5-12-22/h8-9,13H,3-7,10-12,20H2,1-2H3. The number of aryl methyl sites for hydroxylation is 3. The summed E-state index contributed by atoms with van der Waals surface area (Å²) < 4.78 is 0. The molecule has 3 rings (SSSR count). The number of anilines is 1. The van der Waals surface area contributed by atoms with E-state index in [0.29, 0.717) is 0 Å². The van der Waals surface area contributed by atoms with Gasteiger partial charge in [-0.3, -0.25) is 0 Å². The smallest absolute Gasteiger partial charge is 0.132 e. The van der Waals surface area contributed by atoms with Gasteiger partial charge in [0.05, 0.1) is 5.52 Å². The molecule has 0 atom stereocenters. The van der Waals surface area contributed by atoms with Crippen LogP contribution in [0.15, 0.2) is 18.2 Å². The molecule has 1 aromatic heterocycles. The van der Waals surface area contributed by atoms with E-state index in [1.165, 1.54) is 47.2 Å². The van der Waals surface area contributed by atoms with Gasteiger partial charge in [0.15, 0.2) is 0 Å². The molecule has 22 heavy (non-hydrogen) atoms. The molecule has 2 aromatic rings. The number of nitrogens with two attached hydrogens (primary N) is 1. The molecule has 0 unspecified atom stereocenters. The Morgan fingerprint density at radius 1 is 1.09 bits per heavy atom. The van der Waals surface area contributed by atoms with Crippen molar-refractivity contribution in [2.45, 2.75) is 46.0 Å². The zero-order valence-corrected chi connectivity index (χ0v) is 13.9. The van der Waals surface area contributed by atoms with Crippen LogP contribution in [-0.4, -0.2) is 24.6 Å². The normalized spacial score (nSPS) is 15.5. The van der Waals surface area contributed by atoms with Crippen LogP contribution in [0.25, 0.3) is 10.9 Å². The highest BCUT2D eigenvalue weighted by Crippen LogP contribution is 2.30. The Morgan fingerprint density at radius 3 is 2.55 bits per heavy atom. The highest BCUT2D eigenvalue weighted by Gasteiger charge is 2.17. The van der Waals surface area contributed by atoms with Crippen molar-refractivity contribution in [3.05, 3.63) is 34.9 Å². The van der Waals surface area contributed by atoms with E-state index in [1.807, 2.05) is 0 Å². The topological polar surface area (TPSA) is 42.2 Å². The number of fused-ring (bicyclic) bond motifs is 1. The lowest BCUT2D eigenvalue weighted by molar-refractivity contribution is 0.572. The summed E-state index contributed by atoms with van der Waals surface area (Å²) in [7, 11) is 0. The van der Waals surface area contributed by atoms with Crippen molar-refractivity contribution >= 4 is 16.7 Å². The SMILES string of the molecule is Cc1ccc(C)c2nc(N3CCCCC3)c(CCCN)cc12. The molecule has 2 heterocycles. The van der Waals surface area contributed by atoms with Gasteiger partial charge in [-0.15, -0.1) is 0 Å². The van der Waals surface area contributed by atoms with Crippen molar-refractivity contribution in [2.75, 3.05) is 24.5 Å². The average Bonchev–Trinajstić information content (AvgIpc) is 2.56. The van der Waals surface area contributed by atoms with Gasteiger partial charge >= 0.3 is 0 Å². The van der Waals surface area contributed by atoms with Crippen LogP contribution in [-0.2, 0) is 6.42 Å². The van der Waals surface area contributed by atoms with Crippen molar-refractivity contribution in [3.63, 3.8) is 0 Å². The quantitative estimate of drug-likeness (QED) is 0.935. The van der Waals surface area contributed by atoms with E-state index < -0.39 is 0 Å². The maximum Gasteiger partial charge on any atom is 0.132 e. The van der Waals surface area contributed by atoms with Gasteiger partial charge < -0.3 is 10.6 Å². The van der Waals surface area contributed by atoms with E-state index in [0.717, 1.165) is 38.0 Å². The Hall–Kier alpha value is -1.61. The summed E-state index contributed by atoms with van der Waals surface area (Å²) in [4.78, 5) is 7.58. The molecule has 118 valence electrons. The first-order valence-electron chi connectivity index (χ1n) is 8.55. The summed E-state index contributed by atoms with van der Waals surface area (Å²) in [5.74, 6) is 1.20. The van der Waals surface area contributed by atoms with E-state index in [-0.39, 0.29) is 0 Å². The maximum atomic E-state index is 5.74. The highest BCUT2D eigenvalue weighted by molar-refractivity contribution is 5.87. The highest BCUT2D eigenvalue weighted by atomic mass is 15.2. The van der Waals surface area contributed by atoms with E-state index in [2.05, 4.69) is 36.9 Å². The second kappa shape index (κ2) is 6.66. The van der Waals surface area contributed by atoms with Crippen molar-refractivity contribution < 1.29 is 0 Å². The van der Waals surface area contributed by atoms with Crippen molar-refractivity contribution in [3.8, 4) is 0 Å². The molecule has 1 aliphatic heterocycles.